The maximum Gasteiger partial charge on any atom is 0.115 e. The third-order valence-electron chi connectivity index (χ3n) is 6.28. The van der Waals surface area contributed by atoms with E-state index in [2.05, 4.69) is 56.3 Å². The van der Waals surface area contributed by atoms with Crippen LogP contribution in [0.25, 0.3) is 21.9 Å². The molecule has 31 heavy (non-hydrogen) atoms. The van der Waals surface area contributed by atoms with Crippen molar-refractivity contribution in [2.45, 2.75) is 19.0 Å². The van der Waals surface area contributed by atoms with Crippen molar-refractivity contribution in [3.63, 3.8) is 0 Å². The van der Waals surface area contributed by atoms with Gasteiger partial charge in [0.2, 0.25) is 0 Å². The molecule has 5 heteroatoms. The summed E-state index contributed by atoms with van der Waals surface area (Å²) in [4.78, 5) is 15.2. The van der Waals surface area contributed by atoms with Crippen molar-refractivity contribution in [1.82, 2.24) is 19.9 Å². The lowest BCUT2D eigenvalue weighted by atomic mass is 9.91. The van der Waals surface area contributed by atoms with Crippen LogP contribution in [-0.2, 0) is 13.0 Å². The first-order valence-corrected chi connectivity index (χ1v) is 10.6. The zero-order valence-corrected chi connectivity index (χ0v) is 17.0. The number of para-hydroxylation sites is 2. The van der Waals surface area contributed by atoms with Crippen LogP contribution in [0.1, 0.15) is 28.4 Å². The predicted octanol–water partition coefficient (Wildman–Crippen LogP) is 4.96. The molecule has 3 aromatic carbocycles. The van der Waals surface area contributed by atoms with E-state index in [0.717, 1.165) is 47.2 Å². The van der Waals surface area contributed by atoms with Gasteiger partial charge in [-0.2, -0.15) is 0 Å². The van der Waals surface area contributed by atoms with Gasteiger partial charge in [0, 0.05) is 42.1 Å². The summed E-state index contributed by atoms with van der Waals surface area (Å²) >= 11 is 0. The average molecular weight is 406 g/mol. The molecule has 1 aliphatic rings. The molecule has 1 atom stereocenters. The maximum atomic E-state index is 10.2. The third kappa shape index (κ3) is 3.05. The number of aromatic hydroxyl groups is 1. The van der Waals surface area contributed by atoms with Gasteiger partial charge in [-0.05, 0) is 47.4 Å². The van der Waals surface area contributed by atoms with E-state index in [4.69, 9.17) is 0 Å². The van der Waals surface area contributed by atoms with E-state index in [9.17, 15) is 5.11 Å². The Morgan fingerprint density at radius 3 is 2.77 bits per heavy atom. The Morgan fingerprint density at radius 1 is 0.968 bits per heavy atom. The smallest absolute Gasteiger partial charge is 0.115 e. The molecule has 3 heterocycles. The van der Waals surface area contributed by atoms with Crippen molar-refractivity contribution in [2.24, 2.45) is 0 Å². The number of phenols is 1. The minimum atomic E-state index is 0.0233. The van der Waals surface area contributed by atoms with Crippen molar-refractivity contribution in [1.29, 1.82) is 0 Å². The number of phenolic OH excluding ortho intramolecular Hbond substituents is 1. The topological polar surface area (TPSA) is 65.0 Å². The minimum Gasteiger partial charge on any atom is -0.508 e. The van der Waals surface area contributed by atoms with Crippen molar-refractivity contribution in [3.05, 3.63) is 102 Å². The monoisotopic (exact) mass is 406 g/mol. The Balaban J connectivity index is 1.49. The molecule has 0 fully saturated rings. The van der Waals surface area contributed by atoms with Gasteiger partial charge in [-0.1, -0.05) is 42.5 Å². The van der Waals surface area contributed by atoms with Gasteiger partial charge in [-0.25, -0.2) is 0 Å². The number of hydrogen-bond acceptors (Lipinski definition) is 4. The van der Waals surface area contributed by atoms with E-state index in [1.165, 1.54) is 16.6 Å². The summed E-state index contributed by atoms with van der Waals surface area (Å²) in [5.74, 6) is 0.289. The number of fused-ring (bicyclic) bond motifs is 4. The Morgan fingerprint density at radius 2 is 1.84 bits per heavy atom. The fourth-order valence-electron chi connectivity index (χ4n) is 4.93. The van der Waals surface area contributed by atoms with E-state index in [1.54, 1.807) is 18.5 Å². The molecule has 0 saturated carbocycles. The number of hydrogen-bond donors (Lipinski definition) is 2. The van der Waals surface area contributed by atoms with E-state index in [-0.39, 0.29) is 11.8 Å². The van der Waals surface area contributed by atoms with Crippen molar-refractivity contribution in [2.75, 3.05) is 6.54 Å². The molecule has 2 aromatic heterocycles. The van der Waals surface area contributed by atoms with E-state index >= 15 is 0 Å². The molecular formula is C26H22N4O. The molecule has 152 valence electrons. The summed E-state index contributed by atoms with van der Waals surface area (Å²) in [6, 6.07) is 22.3. The number of nitrogens with zero attached hydrogens (tertiary/aromatic N) is 3. The van der Waals surface area contributed by atoms with Crippen molar-refractivity contribution in [3.8, 4) is 5.75 Å². The Hall–Kier alpha value is -3.70. The van der Waals surface area contributed by atoms with Crippen LogP contribution in [0.4, 0.5) is 0 Å². The van der Waals surface area contributed by atoms with Crippen molar-refractivity contribution >= 4 is 21.9 Å². The molecule has 0 bridgehead atoms. The first-order chi connectivity index (χ1) is 15.3. The molecule has 0 saturated heterocycles. The zero-order chi connectivity index (χ0) is 20.8. The van der Waals surface area contributed by atoms with Crippen LogP contribution < -0.4 is 0 Å². The second-order valence-corrected chi connectivity index (χ2v) is 8.12. The number of aromatic nitrogens is 3. The van der Waals surface area contributed by atoms with Crippen LogP contribution >= 0.6 is 0 Å². The first-order valence-electron chi connectivity index (χ1n) is 10.6. The lowest BCUT2D eigenvalue weighted by Gasteiger charge is -2.36. The summed E-state index contributed by atoms with van der Waals surface area (Å²) in [5.41, 5.74) is 7.85. The standard InChI is InChI=1S/C26H22N4O/c31-19-7-3-5-17(15-19)26-25-21(20-8-1-2-9-22(20)29-25)11-14-30(26)16-18-6-4-10-23-24(18)28-13-12-27-23/h1-10,12-13,15,26,29,31H,11,14,16H2/t26-/m0/s1. The van der Waals surface area contributed by atoms with Crippen LogP contribution in [0.15, 0.2) is 79.1 Å². The Bertz CT molecular complexity index is 1400. The highest BCUT2D eigenvalue weighted by Gasteiger charge is 2.32. The molecule has 6 rings (SSSR count). The number of aromatic amines is 1. The lowest BCUT2D eigenvalue weighted by molar-refractivity contribution is 0.202. The second kappa shape index (κ2) is 7.22. The summed E-state index contributed by atoms with van der Waals surface area (Å²) in [5, 5.41) is 11.5. The van der Waals surface area contributed by atoms with Crippen LogP contribution in [0, 0.1) is 0 Å². The van der Waals surface area contributed by atoms with Crippen molar-refractivity contribution < 1.29 is 5.11 Å². The van der Waals surface area contributed by atoms with Gasteiger partial charge in [-0.15, -0.1) is 0 Å². The van der Waals surface area contributed by atoms with Crippen LogP contribution in [0.5, 0.6) is 5.75 Å². The van der Waals surface area contributed by atoms with E-state index < -0.39 is 0 Å². The Labute approximate surface area is 180 Å². The molecule has 0 radical (unpaired) electrons. The van der Waals surface area contributed by atoms with Crippen LogP contribution in [-0.4, -0.2) is 31.5 Å². The van der Waals surface area contributed by atoms with Gasteiger partial charge in [0.15, 0.2) is 0 Å². The highest BCUT2D eigenvalue weighted by molar-refractivity contribution is 5.85. The normalized spacial score (nSPS) is 16.6. The van der Waals surface area contributed by atoms with Gasteiger partial charge in [0.25, 0.3) is 0 Å². The highest BCUT2D eigenvalue weighted by atomic mass is 16.3. The third-order valence-corrected chi connectivity index (χ3v) is 6.28. The molecule has 0 aliphatic carbocycles. The van der Waals surface area contributed by atoms with Gasteiger partial charge in [0.05, 0.1) is 17.1 Å². The van der Waals surface area contributed by atoms with Crippen LogP contribution in [0.2, 0.25) is 0 Å². The quantitative estimate of drug-likeness (QED) is 0.444. The summed E-state index contributed by atoms with van der Waals surface area (Å²) in [6.07, 6.45) is 4.47. The molecule has 0 unspecified atom stereocenters. The number of rotatable bonds is 3. The maximum absolute atomic E-state index is 10.2. The zero-order valence-electron chi connectivity index (χ0n) is 17.0. The Kier molecular flexibility index (Phi) is 4.21. The van der Waals surface area contributed by atoms with Gasteiger partial charge in [-0.3, -0.25) is 14.9 Å². The molecule has 1 aliphatic heterocycles. The minimum absolute atomic E-state index is 0.0233. The predicted molar refractivity (Wildman–Crippen MR) is 122 cm³/mol. The SMILES string of the molecule is Oc1cccc([C@H]2c3[nH]c4ccccc4c3CCN2Cc2cccc3nccnc23)c1. The number of nitrogens with one attached hydrogen (secondary N) is 1. The number of benzene rings is 3. The molecule has 0 amide bonds. The first kappa shape index (κ1) is 18.1. The van der Waals surface area contributed by atoms with Crippen LogP contribution in [0.3, 0.4) is 0 Å². The number of H-pyrrole nitrogens is 1. The largest absolute Gasteiger partial charge is 0.508 e. The van der Waals surface area contributed by atoms with Gasteiger partial charge in [0.1, 0.15) is 5.75 Å². The molecule has 5 nitrogen and oxygen atoms in total. The second-order valence-electron chi connectivity index (χ2n) is 8.12. The summed E-state index contributed by atoms with van der Waals surface area (Å²) in [6.45, 7) is 1.68. The molecule has 0 spiro atoms. The summed E-state index contributed by atoms with van der Waals surface area (Å²) in [7, 11) is 0. The fraction of sp³-hybridized carbons (Fsp3) is 0.154. The molecule has 5 aromatic rings. The molecular weight excluding hydrogens is 384 g/mol. The van der Waals surface area contributed by atoms with E-state index in [1.807, 2.05) is 24.3 Å². The molecule has 2 N–H and O–H groups in total. The van der Waals surface area contributed by atoms with Gasteiger partial charge >= 0.3 is 0 Å². The highest BCUT2D eigenvalue weighted by Crippen LogP contribution is 2.40. The summed E-state index contributed by atoms with van der Waals surface area (Å²) < 4.78 is 0. The van der Waals surface area contributed by atoms with Gasteiger partial charge < -0.3 is 10.1 Å². The lowest BCUT2D eigenvalue weighted by Crippen LogP contribution is -2.35. The van der Waals surface area contributed by atoms with E-state index in [0.29, 0.717) is 0 Å². The average Bonchev–Trinajstić information content (AvgIpc) is 3.18. The fourth-order valence-corrected chi connectivity index (χ4v) is 4.93.